The molecule has 0 aliphatic rings. The van der Waals surface area contributed by atoms with Crippen LogP contribution >= 0.6 is 0 Å². The Hall–Kier alpha value is -1.73. The molecule has 1 aromatic rings. The van der Waals surface area contributed by atoms with Gasteiger partial charge in [0.2, 0.25) is 0 Å². The lowest BCUT2D eigenvalue weighted by atomic mass is 10.2. The molecule has 0 fully saturated rings. The van der Waals surface area contributed by atoms with Crippen molar-refractivity contribution in [3.05, 3.63) is 35.9 Å². The Labute approximate surface area is 63.7 Å². The van der Waals surface area contributed by atoms with Crippen LogP contribution in [0.25, 0.3) is 0 Å². The maximum absolute atomic E-state index is 10.0. The number of hydrogen-bond acceptors (Lipinski definition) is 3. The van der Waals surface area contributed by atoms with E-state index in [0.717, 1.165) is 11.8 Å². The first-order valence-corrected chi connectivity index (χ1v) is 2.84. The van der Waals surface area contributed by atoms with E-state index in [-0.39, 0.29) is 6.15 Å². The Kier molecular flexibility index (Phi) is 5.39. The van der Waals surface area contributed by atoms with Gasteiger partial charge >= 0.3 is 6.15 Å². The van der Waals surface area contributed by atoms with Gasteiger partial charge in [-0.2, -0.15) is 9.59 Å². The second kappa shape index (κ2) is 6.39. The highest BCUT2D eigenvalue weighted by Crippen LogP contribution is 1.91. The van der Waals surface area contributed by atoms with Gasteiger partial charge < -0.3 is 0 Å². The molecule has 0 aromatic heterocycles. The minimum absolute atomic E-state index is 0.250. The molecule has 0 unspecified atom stereocenters. The van der Waals surface area contributed by atoms with Crippen molar-refractivity contribution in [3.63, 3.8) is 0 Å². The topological polar surface area (TPSA) is 51.2 Å². The second-order valence-corrected chi connectivity index (χ2v) is 1.61. The quantitative estimate of drug-likeness (QED) is 0.559. The van der Waals surface area contributed by atoms with Crippen LogP contribution in [0.1, 0.15) is 10.4 Å². The van der Waals surface area contributed by atoms with Crippen molar-refractivity contribution in [1.82, 2.24) is 0 Å². The van der Waals surface area contributed by atoms with Crippen LogP contribution in [0.2, 0.25) is 0 Å². The number of rotatable bonds is 1. The van der Waals surface area contributed by atoms with Crippen molar-refractivity contribution in [2.24, 2.45) is 0 Å². The lowest BCUT2D eigenvalue weighted by molar-refractivity contribution is -0.191. The van der Waals surface area contributed by atoms with Gasteiger partial charge in [-0.3, -0.25) is 4.79 Å². The maximum atomic E-state index is 10.0. The van der Waals surface area contributed by atoms with Crippen LogP contribution in [0.4, 0.5) is 0 Å². The minimum atomic E-state index is 0.250. The molecule has 0 aliphatic carbocycles. The van der Waals surface area contributed by atoms with Crippen molar-refractivity contribution in [2.45, 2.75) is 0 Å². The van der Waals surface area contributed by atoms with E-state index in [9.17, 15) is 4.79 Å². The van der Waals surface area contributed by atoms with E-state index in [4.69, 9.17) is 9.59 Å². The summed E-state index contributed by atoms with van der Waals surface area (Å²) in [5.74, 6) is 0. The Morgan fingerprint density at radius 1 is 1.09 bits per heavy atom. The fraction of sp³-hybridized carbons (Fsp3) is 0. The monoisotopic (exact) mass is 150 g/mol. The molecule has 11 heavy (non-hydrogen) atoms. The molecule has 1 rings (SSSR count). The van der Waals surface area contributed by atoms with Crippen LogP contribution in [-0.4, -0.2) is 12.4 Å². The highest BCUT2D eigenvalue weighted by molar-refractivity contribution is 5.74. The summed E-state index contributed by atoms with van der Waals surface area (Å²) < 4.78 is 0. The Bertz CT molecular complexity index is 235. The summed E-state index contributed by atoms with van der Waals surface area (Å²) in [6.45, 7) is 0. The third-order valence-electron chi connectivity index (χ3n) is 0.936. The highest BCUT2D eigenvalue weighted by atomic mass is 16.2. The van der Waals surface area contributed by atoms with Gasteiger partial charge in [-0.05, 0) is 0 Å². The summed E-state index contributed by atoms with van der Waals surface area (Å²) in [6.07, 6.45) is 1.08. The molecule has 0 atom stereocenters. The van der Waals surface area contributed by atoms with Gasteiger partial charge in [-0.25, -0.2) is 0 Å². The molecule has 0 heterocycles. The van der Waals surface area contributed by atoms with Gasteiger partial charge in [0, 0.05) is 5.56 Å². The smallest absolute Gasteiger partial charge is 0.298 e. The first kappa shape index (κ1) is 9.27. The number of benzene rings is 1. The van der Waals surface area contributed by atoms with Gasteiger partial charge in [0.1, 0.15) is 6.29 Å². The zero-order valence-electron chi connectivity index (χ0n) is 5.69. The van der Waals surface area contributed by atoms with Crippen LogP contribution in [0.15, 0.2) is 30.3 Å². The largest absolute Gasteiger partial charge is 0.373 e. The molecule has 0 radical (unpaired) electrons. The average molecular weight is 150 g/mol. The van der Waals surface area contributed by atoms with Crippen LogP contribution in [-0.2, 0) is 9.59 Å². The summed E-state index contributed by atoms with van der Waals surface area (Å²) in [4.78, 5) is 26.3. The number of carbonyl (C=O) groups excluding carboxylic acids is 3. The van der Waals surface area contributed by atoms with Gasteiger partial charge in [-0.15, -0.1) is 0 Å². The Morgan fingerprint density at radius 3 is 1.82 bits per heavy atom. The van der Waals surface area contributed by atoms with Crippen molar-refractivity contribution in [1.29, 1.82) is 0 Å². The third kappa shape index (κ3) is 4.75. The summed E-state index contributed by atoms with van der Waals surface area (Å²) in [7, 11) is 0. The molecule has 3 heteroatoms. The van der Waals surface area contributed by atoms with Crippen molar-refractivity contribution < 1.29 is 14.4 Å². The zero-order chi connectivity index (χ0) is 8.53. The lowest BCUT2D eigenvalue weighted by Crippen LogP contribution is -1.73. The standard InChI is InChI=1S/C7H6O.CO2/c8-6-7-4-2-1-3-5-7;2-1-3/h1-6H;. The van der Waals surface area contributed by atoms with Gasteiger partial charge in [-0.1, -0.05) is 30.3 Å². The SMILES string of the molecule is O=C=O.O=Cc1ccccc1. The van der Waals surface area contributed by atoms with Crippen LogP contribution in [0.5, 0.6) is 0 Å². The number of hydrogen-bond donors (Lipinski definition) is 0. The minimum Gasteiger partial charge on any atom is -0.298 e. The average Bonchev–Trinajstić information content (AvgIpc) is 2.08. The molecule has 3 nitrogen and oxygen atoms in total. The molecule has 0 saturated carbocycles. The molecule has 1 aromatic carbocycles. The van der Waals surface area contributed by atoms with Gasteiger partial charge in [0.15, 0.2) is 0 Å². The van der Waals surface area contributed by atoms with Crippen molar-refractivity contribution in [3.8, 4) is 0 Å². The fourth-order valence-corrected chi connectivity index (χ4v) is 0.532. The third-order valence-corrected chi connectivity index (χ3v) is 0.936. The van der Waals surface area contributed by atoms with Crippen LogP contribution < -0.4 is 0 Å². The maximum Gasteiger partial charge on any atom is 0.373 e. The molecular weight excluding hydrogens is 144 g/mol. The summed E-state index contributed by atoms with van der Waals surface area (Å²) in [5, 5.41) is 0. The molecular formula is C8H6O3. The normalized spacial score (nSPS) is 6.91. The predicted molar refractivity (Wildman–Crippen MR) is 36.8 cm³/mol. The van der Waals surface area contributed by atoms with E-state index < -0.39 is 0 Å². The highest BCUT2D eigenvalue weighted by Gasteiger charge is 1.79. The first-order chi connectivity index (χ1) is 5.35. The van der Waals surface area contributed by atoms with Crippen LogP contribution in [0.3, 0.4) is 0 Å². The van der Waals surface area contributed by atoms with E-state index in [1.165, 1.54) is 0 Å². The molecule has 0 amide bonds. The zero-order valence-corrected chi connectivity index (χ0v) is 5.69. The molecule has 0 bridgehead atoms. The number of carbonyl (C=O) groups is 1. The Balaban J connectivity index is 0.000000292. The van der Waals surface area contributed by atoms with E-state index >= 15 is 0 Å². The van der Waals surface area contributed by atoms with E-state index in [1.807, 2.05) is 18.2 Å². The molecule has 0 N–H and O–H groups in total. The second-order valence-electron chi connectivity index (χ2n) is 1.61. The summed E-state index contributed by atoms with van der Waals surface area (Å²) in [5.41, 5.74) is 0.729. The van der Waals surface area contributed by atoms with Crippen LogP contribution in [0, 0.1) is 0 Å². The van der Waals surface area contributed by atoms with Gasteiger partial charge in [0.25, 0.3) is 0 Å². The van der Waals surface area contributed by atoms with Crippen molar-refractivity contribution >= 4 is 12.4 Å². The molecule has 0 spiro atoms. The lowest BCUT2D eigenvalue weighted by Gasteiger charge is -1.81. The predicted octanol–water partition coefficient (Wildman–Crippen LogP) is 0.916. The first-order valence-electron chi connectivity index (χ1n) is 2.84. The van der Waals surface area contributed by atoms with E-state index in [1.54, 1.807) is 12.1 Å². The fourth-order valence-electron chi connectivity index (χ4n) is 0.532. The van der Waals surface area contributed by atoms with Crippen molar-refractivity contribution in [2.75, 3.05) is 0 Å². The summed E-state index contributed by atoms with van der Waals surface area (Å²) >= 11 is 0. The van der Waals surface area contributed by atoms with E-state index in [0.29, 0.717) is 0 Å². The molecule has 0 aliphatic heterocycles. The molecule has 0 saturated heterocycles. The molecule has 56 valence electrons. The van der Waals surface area contributed by atoms with Gasteiger partial charge in [0.05, 0.1) is 0 Å². The number of aldehydes is 1. The summed E-state index contributed by atoms with van der Waals surface area (Å²) in [6, 6.07) is 9.10. The van der Waals surface area contributed by atoms with E-state index in [2.05, 4.69) is 0 Å². The Morgan fingerprint density at radius 2 is 1.55 bits per heavy atom.